The molecule has 0 aromatic heterocycles. The SMILES string of the molecule is C=CCOc1ccc([C@H]2CC(=O)N(c3ccc(F)cc3)C3=C2C(=O)OC3)cc1. The number of anilines is 1. The molecule has 1 atom stereocenters. The lowest BCUT2D eigenvalue weighted by Gasteiger charge is -2.31. The van der Waals surface area contributed by atoms with Gasteiger partial charge in [-0.2, -0.15) is 0 Å². The average molecular weight is 379 g/mol. The molecule has 28 heavy (non-hydrogen) atoms. The molecule has 0 radical (unpaired) electrons. The van der Waals surface area contributed by atoms with Crippen molar-refractivity contribution in [3.8, 4) is 5.75 Å². The zero-order valence-electron chi connectivity index (χ0n) is 15.1. The number of halogens is 1. The standard InChI is InChI=1S/C22H18FNO4/c1-2-11-27-17-9-3-14(4-10-17)18-12-20(25)24(16-7-5-15(23)6-8-16)19-13-28-22(26)21(18)19/h2-10,18H,1,11-13H2/t18-/m1/s1. The lowest BCUT2D eigenvalue weighted by molar-refractivity contribution is -0.136. The number of hydrogen-bond donors (Lipinski definition) is 0. The van der Waals surface area contributed by atoms with Gasteiger partial charge in [0.25, 0.3) is 0 Å². The first-order valence-electron chi connectivity index (χ1n) is 8.91. The Morgan fingerprint density at radius 3 is 2.54 bits per heavy atom. The van der Waals surface area contributed by atoms with Crippen LogP contribution in [0.3, 0.4) is 0 Å². The molecule has 1 amide bonds. The first kappa shape index (κ1) is 18.0. The highest BCUT2D eigenvalue weighted by Gasteiger charge is 2.42. The summed E-state index contributed by atoms with van der Waals surface area (Å²) in [4.78, 5) is 26.8. The van der Waals surface area contributed by atoms with Crippen LogP contribution in [0.4, 0.5) is 10.1 Å². The number of ether oxygens (including phenoxy) is 2. The lowest BCUT2D eigenvalue weighted by Crippen LogP contribution is -2.37. The molecule has 2 aromatic carbocycles. The highest BCUT2D eigenvalue weighted by atomic mass is 19.1. The van der Waals surface area contributed by atoms with Crippen molar-refractivity contribution in [2.24, 2.45) is 0 Å². The van der Waals surface area contributed by atoms with Crippen molar-refractivity contribution in [3.63, 3.8) is 0 Å². The van der Waals surface area contributed by atoms with Gasteiger partial charge >= 0.3 is 5.97 Å². The van der Waals surface area contributed by atoms with Crippen molar-refractivity contribution in [2.75, 3.05) is 18.1 Å². The first-order valence-corrected chi connectivity index (χ1v) is 8.91. The van der Waals surface area contributed by atoms with E-state index >= 15 is 0 Å². The second kappa shape index (κ2) is 7.31. The minimum Gasteiger partial charge on any atom is -0.490 e. The maximum atomic E-state index is 13.3. The summed E-state index contributed by atoms with van der Waals surface area (Å²) in [6.45, 7) is 4.03. The van der Waals surface area contributed by atoms with E-state index in [1.165, 1.54) is 29.2 Å². The molecule has 0 saturated heterocycles. The van der Waals surface area contributed by atoms with Crippen LogP contribution in [0.1, 0.15) is 17.9 Å². The highest BCUT2D eigenvalue weighted by molar-refractivity contribution is 6.06. The molecule has 6 heteroatoms. The fourth-order valence-corrected chi connectivity index (χ4v) is 3.58. The van der Waals surface area contributed by atoms with Gasteiger partial charge in [-0.15, -0.1) is 0 Å². The summed E-state index contributed by atoms with van der Waals surface area (Å²) in [5.74, 6) is -0.686. The number of esters is 1. The van der Waals surface area contributed by atoms with Crippen molar-refractivity contribution in [1.29, 1.82) is 0 Å². The van der Waals surface area contributed by atoms with Gasteiger partial charge in [0.2, 0.25) is 5.91 Å². The summed E-state index contributed by atoms with van der Waals surface area (Å²) in [6, 6.07) is 12.9. The monoisotopic (exact) mass is 379 g/mol. The summed E-state index contributed by atoms with van der Waals surface area (Å²) in [5, 5.41) is 0. The molecular weight excluding hydrogens is 361 g/mol. The molecule has 2 aromatic rings. The summed E-state index contributed by atoms with van der Waals surface area (Å²) in [5.41, 5.74) is 2.35. The normalized spacial score (nSPS) is 18.8. The van der Waals surface area contributed by atoms with Crippen molar-refractivity contribution < 1.29 is 23.5 Å². The Kier molecular flexibility index (Phi) is 4.69. The molecular formula is C22H18FNO4. The van der Waals surface area contributed by atoms with E-state index in [0.29, 0.717) is 29.3 Å². The smallest absolute Gasteiger partial charge is 0.336 e. The quantitative estimate of drug-likeness (QED) is 0.587. The van der Waals surface area contributed by atoms with Crippen molar-refractivity contribution in [1.82, 2.24) is 0 Å². The van der Waals surface area contributed by atoms with Crippen LogP contribution in [0.25, 0.3) is 0 Å². The molecule has 0 fully saturated rings. The van der Waals surface area contributed by atoms with E-state index in [1.807, 2.05) is 12.1 Å². The number of carbonyl (C=O) groups excluding carboxylic acids is 2. The Hall–Kier alpha value is -3.41. The van der Waals surface area contributed by atoms with E-state index in [1.54, 1.807) is 18.2 Å². The minimum absolute atomic E-state index is 0.0221. The topological polar surface area (TPSA) is 55.8 Å². The van der Waals surface area contributed by atoms with E-state index < -0.39 is 11.8 Å². The third-order valence-electron chi connectivity index (χ3n) is 4.85. The largest absolute Gasteiger partial charge is 0.490 e. The van der Waals surface area contributed by atoms with Crippen molar-refractivity contribution in [2.45, 2.75) is 12.3 Å². The van der Waals surface area contributed by atoms with Crippen LogP contribution in [0.2, 0.25) is 0 Å². The predicted octanol–water partition coefficient (Wildman–Crippen LogP) is 3.72. The van der Waals surface area contributed by atoms with Crippen LogP contribution in [-0.4, -0.2) is 25.1 Å². The van der Waals surface area contributed by atoms with Crippen LogP contribution in [0.15, 0.2) is 72.5 Å². The third-order valence-corrected chi connectivity index (χ3v) is 4.85. The summed E-state index contributed by atoms with van der Waals surface area (Å²) < 4.78 is 24.0. The van der Waals surface area contributed by atoms with E-state index in [4.69, 9.17) is 9.47 Å². The van der Waals surface area contributed by atoms with Crippen LogP contribution in [0.5, 0.6) is 5.75 Å². The van der Waals surface area contributed by atoms with E-state index in [0.717, 1.165) is 5.56 Å². The molecule has 0 aliphatic carbocycles. The molecule has 0 unspecified atom stereocenters. The Bertz CT molecular complexity index is 963. The predicted molar refractivity (Wildman–Crippen MR) is 101 cm³/mol. The van der Waals surface area contributed by atoms with Crippen LogP contribution in [0, 0.1) is 5.82 Å². The summed E-state index contributed by atoms with van der Waals surface area (Å²) in [7, 11) is 0. The number of amides is 1. The molecule has 0 saturated carbocycles. The first-order chi connectivity index (χ1) is 13.6. The number of hydrogen-bond acceptors (Lipinski definition) is 4. The lowest BCUT2D eigenvalue weighted by atomic mass is 9.84. The zero-order chi connectivity index (χ0) is 19.7. The molecule has 2 aliphatic rings. The van der Waals surface area contributed by atoms with Gasteiger partial charge in [-0.1, -0.05) is 24.8 Å². The fourth-order valence-electron chi connectivity index (χ4n) is 3.58. The molecule has 0 bridgehead atoms. The molecule has 2 heterocycles. The van der Waals surface area contributed by atoms with Gasteiger partial charge in [-0.25, -0.2) is 9.18 Å². The number of rotatable bonds is 5. The second-order valence-corrected chi connectivity index (χ2v) is 6.57. The third kappa shape index (κ3) is 3.17. The fraction of sp³-hybridized carbons (Fsp3) is 0.182. The van der Waals surface area contributed by atoms with Crippen LogP contribution in [-0.2, 0) is 14.3 Å². The van der Waals surface area contributed by atoms with Gasteiger partial charge in [0.15, 0.2) is 0 Å². The number of cyclic esters (lactones) is 1. The Labute approximate surface area is 161 Å². The van der Waals surface area contributed by atoms with Crippen molar-refractivity contribution >= 4 is 17.6 Å². The zero-order valence-corrected chi connectivity index (χ0v) is 15.1. The van der Waals surface area contributed by atoms with Gasteiger partial charge in [0.1, 0.15) is 24.8 Å². The highest BCUT2D eigenvalue weighted by Crippen LogP contribution is 2.42. The van der Waals surface area contributed by atoms with Gasteiger partial charge < -0.3 is 9.47 Å². The van der Waals surface area contributed by atoms with Crippen molar-refractivity contribution in [3.05, 3.63) is 83.8 Å². The summed E-state index contributed by atoms with van der Waals surface area (Å²) >= 11 is 0. The number of nitrogens with zero attached hydrogens (tertiary/aromatic N) is 1. The Morgan fingerprint density at radius 1 is 1.14 bits per heavy atom. The molecule has 4 rings (SSSR count). The summed E-state index contributed by atoms with van der Waals surface area (Å²) in [6.07, 6.45) is 1.78. The average Bonchev–Trinajstić information content (AvgIpc) is 3.09. The number of benzene rings is 2. The Balaban J connectivity index is 1.70. The Morgan fingerprint density at radius 2 is 1.86 bits per heavy atom. The molecule has 0 spiro atoms. The van der Waals surface area contributed by atoms with Gasteiger partial charge in [0.05, 0.1) is 11.3 Å². The molecule has 2 aliphatic heterocycles. The van der Waals surface area contributed by atoms with Gasteiger partial charge in [0, 0.05) is 18.0 Å². The van der Waals surface area contributed by atoms with Gasteiger partial charge in [-0.3, -0.25) is 9.69 Å². The molecule has 5 nitrogen and oxygen atoms in total. The van der Waals surface area contributed by atoms with E-state index in [-0.39, 0.29) is 24.9 Å². The molecule has 142 valence electrons. The van der Waals surface area contributed by atoms with Crippen LogP contribution < -0.4 is 9.64 Å². The second-order valence-electron chi connectivity index (χ2n) is 6.57. The maximum absolute atomic E-state index is 13.3. The van der Waals surface area contributed by atoms with Gasteiger partial charge in [-0.05, 0) is 42.0 Å². The van der Waals surface area contributed by atoms with E-state index in [2.05, 4.69) is 6.58 Å². The maximum Gasteiger partial charge on any atom is 0.336 e. The minimum atomic E-state index is -0.424. The van der Waals surface area contributed by atoms with E-state index in [9.17, 15) is 14.0 Å². The van der Waals surface area contributed by atoms with Crippen LogP contribution >= 0.6 is 0 Å². The number of carbonyl (C=O) groups is 2. The molecule has 0 N–H and O–H groups in total.